The van der Waals surface area contributed by atoms with Crippen LogP contribution in [0.15, 0.2) is 5.16 Å². The van der Waals surface area contributed by atoms with E-state index in [2.05, 4.69) is 5.16 Å². The molecule has 0 spiro atoms. The number of ether oxygens (including phenoxy) is 1. The number of hydrogen-bond acceptors (Lipinski definition) is 3. The van der Waals surface area contributed by atoms with Crippen LogP contribution >= 0.6 is 0 Å². The topological polar surface area (TPSA) is 67.8 Å². The molecule has 0 fully saturated rings. The van der Waals surface area contributed by atoms with Crippen molar-refractivity contribution in [2.75, 3.05) is 6.61 Å². The standard InChI is InChI=1S/C9H17F3N2O2/c1-3-4-6(2)16-5-7(8(13)14-15)9(10,11)12/h6-7,15H,3-5H2,1-2H3,(H2,13,14). The van der Waals surface area contributed by atoms with Crippen LogP contribution < -0.4 is 5.73 Å². The van der Waals surface area contributed by atoms with Crippen molar-refractivity contribution in [2.45, 2.75) is 39.0 Å². The fraction of sp³-hybridized carbons (Fsp3) is 0.889. The molecule has 0 aromatic heterocycles. The normalized spacial score (nSPS) is 17.2. The Morgan fingerprint density at radius 3 is 2.44 bits per heavy atom. The third kappa shape index (κ3) is 5.20. The van der Waals surface area contributed by atoms with Crippen molar-refractivity contribution in [2.24, 2.45) is 16.8 Å². The summed E-state index contributed by atoms with van der Waals surface area (Å²) >= 11 is 0. The Kier molecular flexibility index (Phi) is 6.17. The van der Waals surface area contributed by atoms with Crippen LogP contribution in [0.25, 0.3) is 0 Å². The predicted octanol–water partition coefficient (Wildman–Crippen LogP) is 2.12. The summed E-state index contributed by atoms with van der Waals surface area (Å²) in [6.45, 7) is 2.97. The van der Waals surface area contributed by atoms with E-state index in [1.54, 1.807) is 6.92 Å². The van der Waals surface area contributed by atoms with Crippen LogP contribution in [0.4, 0.5) is 13.2 Å². The van der Waals surface area contributed by atoms with Crippen molar-refractivity contribution in [3.05, 3.63) is 0 Å². The quantitative estimate of drug-likeness (QED) is 0.324. The maximum absolute atomic E-state index is 12.4. The lowest BCUT2D eigenvalue weighted by Gasteiger charge is -2.21. The van der Waals surface area contributed by atoms with E-state index in [0.29, 0.717) is 6.42 Å². The highest BCUT2D eigenvalue weighted by atomic mass is 19.4. The Balaban J connectivity index is 4.35. The molecule has 0 aromatic carbocycles. The number of hydrogen-bond donors (Lipinski definition) is 2. The molecule has 0 radical (unpaired) electrons. The lowest BCUT2D eigenvalue weighted by molar-refractivity contribution is -0.172. The zero-order valence-electron chi connectivity index (χ0n) is 9.29. The number of nitrogens with two attached hydrogens (primary N) is 1. The third-order valence-electron chi connectivity index (χ3n) is 2.11. The van der Waals surface area contributed by atoms with Crippen LogP contribution in [0.5, 0.6) is 0 Å². The molecule has 0 saturated heterocycles. The largest absolute Gasteiger partial charge is 0.409 e. The first kappa shape index (κ1) is 15.0. The van der Waals surface area contributed by atoms with Crippen molar-refractivity contribution < 1.29 is 23.1 Å². The van der Waals surface area contributed by atoms with Gasteiger partial charge in [0.25, 0.3) is 0 Å². The molecule has 0 aliphatic rings. The van der Waals surface area contributed by atoms with Gasteiger partial charge in [0.1, 0.15) is 5.92 Å². The molecule has 0 heterocycles. The first-order valence-corrected chi connectivity index (χ1v) is 4.98. The highest BCUT2D eigenvalue weighted by Gasteiger charge is 2.43. The molecule has 0 aliphatic heterocycles. The van der Waals surface area contributed by atoms with Gasteiger partial charge in [-0.3, -0.25) is 0 Å². The molecule has 7 heteroatoms. The molecule has 0 aromatic rings. The summed E-state index contributed by atoms with van der Waals surface area (Å²) in [6.07, 6.45) is -3.36. The van der Waals surface area contributed by atoms with Crippen molar-refractivity contribution in [1.82, 2.24) is 0 Å². The Labute approximate surface area is 92.3 Å². The van der Waals surface area contributed by atoms with E-state index in [0.717, 1.165) is 6.42 Å². The van der Waals surface area contributed by atoms with Gasteiger partial charge in [0, 0.05) is 0 Å². The molecule has 0 rings (SSSR count). The van der Waals surface area contributed by atoms with E-state index in [1.165, 1.54) is 0 Å². The molecular weight excluding hydrogens is 225 g/mol. The molecule has 3 N–H and O–H groups in total. The van der Waals surface area contributed by atoms with Crippen LogP contribution in [0.2, 0.25) is 0 Å². The van der Waals surface area contributed by atoms with E-state index in [4.69, 9.17) is 15.7 Å². The van der Waals surface area contributed by atoms with Gasteiger partial charge >= 0.3 is 6.18 Å². The van der Waals surface area contributed by atoms with E-state index in [1.807, 2.05) is 6.92 Å². The minimum absolute atomic E-state index is 0.277. The molecule has 2 atom stereocenters. The van der Waals surface area contributed by atoms with E-state index in [-0.39, 0.29) is 6.10 Å². The summed E-state index contributed by atoms with van der Waals surface area (Å²) in [6, 6.07) is 0. The summed E-state index contributed by atoms with van der Waals surface area (Å²) in [5, 5.41) is 10.6. The molecule has 4 nitrogen and oxygen atoms in total. The van der Waals surface area contributed by atoms with Gasteiger partial charge < -0.3 is 15.7 Å². The maximum Gasteiger partial charge on any atom is 0.401 e. The van der Waals surface area contributed by atoms with Gasteiger partial charge in [0.2, 0.25) is 0 Å². The number of amidine groups is 1. The van der Waals surface area contributed by atoms with Crippen LogP contribution in [0.1, 0.15) is 26.7 Å². The van der Waals surface area contributed by atoms with Crippen LogP contribution in [0.3, 0.4) is 0 Å². The fourth-order valence-corrected chi connectivity index (χ4v) is 1.17. The molecule has 0 bridgehead atoms. The molecule has 0 amide bonds. The second kappa shape index (κ2) is 6.57. The van der Waals surface area contributed by atoms with Gasteiger partial charge in [-0.2, -0.15) is 13.2 Å². The minimum atomic E-state index is -4.57. The molecular formula is C9H17F3N2O2. The zero-order chi connectivity index (χ0) is 12.8. The lowest BCUT2D eigenvalue weighted by Crippen LogP contribution is -2.40. The summed E-state index contributed by atoms with van der Waals surface area (Å²) in [7, 11) is 0. The molecule has 2 unspecified atom stereocenters. The van der Waals surface area contributed by atoms with Gasteiger partial charge in [-0.25, -0.2) is 0 Å². The summed E-state index contributed by atoms with van der Waals surface area (Å²) in [4.78, 5) is 0. The van der Waals surface area contributed by atoms with Crippen LogP contribution in [-0.2, 0) is 4.74 Å². The lowest BCUT2D eigenvalue weighted by atomic mass is 10.1. The summed E-state index contributed by atoms with van der Waals surface area (Å²) in [5.74, 6) is -2.94. The van der Waals surface area contributed by atoms with E-state index >= 15 is 0 Å². The molecule has 0 saturated carbocycles. The maximum atomic E-state index is 12.4. The fourth-order valence-electron chi connectivity index (χ4n) is 1.17. The van der Waals surface area contributed by atoms with E-state index in [9.17, 15) is 13.2 Å². The third-order valence-corrected chi connectivity index (χ3v) is 2.11. The monoisotopic (exact) mass is 242 g/mol. The van der Waals surface area contributed by atoms with Crippen LogP contribution in [0, 0.1) is 5.92 Å². The van der Waals surface area contributed by atoms with Crippen molar-refractivity contribution >= 4 is 5.84 Å². The Bertz CT molecular complexity index is 231. The number of oxime groups is 1. The van der Waals surface area contributed by atoms with Gasteiger partial charge in [0.15, 0.2) is 5.84 Å². The number of alkyl halides is 3. The SMILES string of the molecule is CCCC(C)OCC(C(N)=NO)C(F)(F)F. The first-order chi connectivity index (χ1) is 7.32. The van der Waals surface area contributed by atoms with Crippen molar-refractivity contribution in [3.63, 3.8) is 0 Å². The number of nitrogens with zero attached hydrogens (tertiary/aromatic N) is 1. The average molecular weight is 242 g/mol. The first-order valence-electron chi connectivity index (χ1n) is 4.98. The van der Waals surface area contributed by atoms with Gasteiger partial charge in [-0.1, -0.05) is 18.5 Å². The van der Waals surface area contributed by atoms with Gasteiger partial charge in [-0.15, -0.1) is 0 Å². The molecule has 96 valence electrons. The predicted molar refractivity (Wildman–Crippen MR) is 53.3 cm³/mol. The Morgan fingerprint density at radius 2 is 2.06 bits per heavy atom. The second-order valence-corrected chi connectivity index (χ2v) is 3.55. The number of halogens is 3. The van der Waals surface area contributed by atoms with Crippen molar-refractivity contribution in [1.29, 1.82) is 0 Å². The summed E-state index contributed by atoms with van der Waals surface area (Å²) < 4.78 is 42.3. The number of rotatable bonds is 6. The van der Waals surface area contributed by atoms with Gasteiger partial charge in [0.05, 0.1) is 12.7 Å². The Hall–Kier alpha value is -0.980. The van der Waals surface area contributed by atoms with Crippen LogP contribution in [-0.4, -0.2) is 29.9 Å². The second-order valence-electron chi connectivity index (χ2n) is 3.55. The molecule has 0 aliphatic carbocycles. The minimum Gasteiger partial charge on any atom is -0.409 e. The van der Waals surface area contributed by atoms with Gasteiger partial charge in [-0.05, 0) is 13.3 Å². The van der Waals surface area contributed by atoms with Crippen molar-refractivity contribution in [3.8, 4) is 0 Å². The summed E-state index contributed by atoms with van der Waals surface area (Å²) in [5.41, 5.74) is 4.96. The van der Waals surface area contributed by atoms with E-state index < -0.39 is 24.5 Å². The Morgan fingerprint density at radius 1 is 1.50 bits per heavy atom. The zero-order valence-corrected chi connectivity index (χ0v) is 9.29. The average Bonchev–Trinajstić information content (AvgIpc) is 2.16. The highest BCUT2D eigenvalue weighted by molar-refractivity contribution is 5.83. The highest BCUT2D eigenvalue weighted by Crippen LogP contribution is 2.27. The smallest absolute Gasteiger partial charge is 0.401 e. The molecule has 16 heavy (non-hydrogen) atoms.